The number of rotatable bonds is 25. The molecule has 1 amide bonds. The predicted molar refractivity (Wildman–Crippen MR) is 288 cm³/mol. The van der Waals surface area contributed by atoms with Gasteiger partial charge in [-0.15, -0.1) is 6.58 Å². The summed E-state index contributed by atoms with van der Waals surface area (Å²) in [6.07, 6.45) is 23.6. The molecule has 0 aromatic heterocycles. The average Bonchev–Trinajstić information content (AvgIpc) is 3.30. The quantitative estimate of drug-likeness (QED) is 0.0212. The Morgan fingerprint density at radius 3 is 2.05 bits per heavy atom. The number of aryl methyl sites for hydroxylation is 2. The maximum atomic E-state index is 11.9. The summed E-state index contributed by atoms with van der Waals surface area (Å²) in [5, 5.41) is 19.6. The highest BCUT2D eigenvalue weighted by Gasteiger charge is 2.24. The largest absolute Gasteiger partial charge is 0.401 e. The van der Waals surface area contributed by atoms with E-state index in [1.54, 1.807) is 38.0 Å². The lowest BCUT2D eigenvalue weighted by Gasteiger charge is -2.31. The van der Waals surface area contributed by atoms with Crippen LogP contribution in [0, 0.1) is 40.4 Å². The first-order valence-corrected chi connectivity index (χ1v) is 24.7. The molecule has 4 unspecified atom stereocenters. The Bertz CT molecular complexity index is 1520. The highest BCUT2D eigenvalue weighted by Crippen LogP contribution is 2.36. The summed E-state index contributed by atoms with van der Waals surface area (Å²) in [7, 11) is 7.28. The molecule has 6 N–H and O–H groups in total. The number of amides is 1. The van der Waals surface area contributed by atoms with E-state index in [0.717, 1.165) is 81.9 Å². The van der Waals surface area contributed by atoms with Gasteiger partial charge in [-0.3, -0.25) is 4.79 Å². The maximum Gasteiger partial charge on any atom is 0.246 e. The van der Waals surface area contributed by atoms with E-state index in [2.05, 4.69) is 101 Å². The summed E-state index contributed by atoms with van der Waals surface area (Å²) < 4.78 is 0. The molecule has 1 aliphatic carbocycles. The van der Waals surface area contributed by atoms with Gasteiger partial charge in [-0.05, 0) is 131 Å². The number of carbonyl (C=O) groups is 3. The van der Waals surface area contributed by atoms with Crippen molar-refractivity contribution in [1.29, 1.82) is 5.26 Å². The SMILES string of the molecule is C=C(CC)CCc1ccc(NC)cc1CCC1CC(C)CC(C)C1.C=C/C=C\C(=O)N(C)C(C=O)C/C(N)=C/NCCCC(C)(C)CC.C=CCNC.CC.CC#N.CNC(C=O)C(C)C. The van der Waals surface area contributed by atoms with Crippen LogP contribution in [0.2, 0.25) is 0 Å². The molecule has 4 atom stereocenters. The minimum Gasteiger partial charge on any atom is -0.401 e. The van der Waals surface area contributed by atoms with Gasteiger partial charge in [-0.1, -0.05) is 119 Å². The fourth-order valence-electron chi connectivity index (χ4n) is 7.22. The smallest absolute Gasteiger partial charge is 0.246 e. The first-order valence-electron chi connectivity index (χ1n) is 24.7. The van der Waals surface area contributed by atoms with Gasteiger partial charge in [-0.25, -0.2) is 0 Å². The van der Waals surface area contributed by atoms with E-state index in [1.807, 2.05) is 47.9 Å². The maximum absolute atomic E-state index is 11.9. The molecule has 1 fully saturated rings. The van der Waals surface area contributed by atoms with E-state index < -0.39 is 6.04 Å². The van der Waals surface area contributed by atoms with Gasteiger partial charge in [0, 0.05) is 64.2 Å². The van der Waals surface area contributed by atoms with Crippen LogP contribution in [0.15, 0.2) is 79.7 Å². The number of nitrogens with one attached hydrogen (secondary N) is 4. The molecule has 0 spiro atoms. The second kappa shape index (κ2) is 44.4. The Labute approximate surface area is 406 Å². The number of benzene rings is 1. The number of hydrogen-bond acceptors (Lipinski definition) is 9. The van der Waals surface area contributed by atoms with Gasteiger partial charge in [0.25, 0.3) is 0 Å². The molecule has 66 heavy (non-hydrogen) atoms. The molecule has 10 nitrogen and oxygen atoms in total. The van der Waals surface area contributed by atoms with Crippen LogP contribution in [0.3, 0.4) is 0 Å². The number of nitrogens with two attached hydrogens (primary N) is 1. The summed E-state index contributed by atoms with van der Waals surface area (Å²) in [5.41, 5.74) is 12.6. The molecule has 0 radical (unpaired) electrons. The zero-order valence-electron chi connectivity index (χ0n) is 45.0. The van der Waals surface area contributed by atoms with Gasteiger partial charge >= 0.3 is 0 Å². The number of nitriles is 1. The standard InChI is InChI=1S/C23H37N.C19H33N3O2.C6H13NO.C4H9N.C2H3N.C2H6/c1-6-17(2)7-9-21-11-12-23(24-5)16-22(21)10-8-20-14-18(3)13-19(4)15-20;1-6-8-10-18(24)22(5)17(15-23)13-16(20)14-21-12-9-11-19(3,4)7-2;1-5(2)6(4-8)7-3;1-3-4-5-2;1-2-3;1-2/h11-12,16,18-20,24H,2,6-10,13-15H2,1,3-5H3;6,8,10,14-15,17,21H,1,7,9,11-13,20H2,2-5H3;4-7H,1-3H3;3,5H,1,4H2,2H3;1H3;1-2H3/b;10-8-,16-14-;;;;. The summed E-state index contributed by atoms with van der Waals surface area (Å²) in [6.45, 7) is 36.2. The lowest BCUT2D eigenvalue weighted by atomic mass is 9.74. The summed E-state index contributed by atoms with van der Waals surface area (Å²) in [4.78, 5) is 34.6. The van der Waals surface area contributed by atoms with E-state index in [1.165, 1.54) is 72.9 Å². The molecule has 10 heteroatoms. The first kappa shape index (κ1) is 68.1. The Morgan fingerprint density at radius 1 is 1.02 bits per heavy atom. The molecule has 2 rings (SSSR count). The molecular formula is C56H101N7O3. The van der Waals surface area contributed by atoms with Crippen molar-refractivity contribution in [3.05, 3.63) is 90.8 Å². The number of likely N-dealkylation sites (N-methyl/N-ethyl adjacent to an activating group) is 3. The van der Waals surface area contributed by atoms with Crippen LogP contribution in [-0.2, 0) is 27.2 Å². The molecule has 1 aromatic rings. The van der Waals surface area contributed by atoms with Crippen LogP contribution >= 0.6 is 0 Å². The van der Waals surface area contributed by atoms with Crippen LogP contribution in [-0.4, -0.2) is 76.7 Å². The fraction of sp³-hybridized carbons (Fsp3) is 0.643. The zero-order chi connectivity index (χ0) is 51.5. The predicted octanol–water partition coefficient (Wildman–Crippen LogP) is 11.8. The molecule has 0 saturated heterocycles. The van der Waals surface area contributed by atoms with Crippen molar-refractivity contribution in [3.8, 4) is 6.07 Å². The number of nitrogens with zero attached hydrogens (tertiary/aromatic N) is 2. The number of anilines is 1. The molecule has 1 aliphatic rings. The van der Waals surface area contributed by atoms with Gasteiger partial charge in [0.15, 0.2) is 0 Å². The van der Waals surface area contributed by atoms with Crippen LogP contribution in [0.25, 0.3) is 0 Å². The number of carbonyl (C=O) groups excluding carboxylic acids is 3. The van der Waals surface area contributed by atoms with Crippen molar-refractivity contribution >= 4 is 24.2 Å². The average molecular weight is 920 g/mol. The lowest BCUT2D eigenvalue weighted by Crippen LogP contribution is -2.38. The second-order valence-corrected chi connectivity index (χ2v) is 18.2. The third kappa shape index (κ3) is 36.7. The third-order valence-electron chi connectivity index (χ3n) is 11.6. The van der Waals surface area contributed by atoms with E-state index in [-0.39, 0.29) is 11.9 Å². The van der Waals surface area contributed by atoms with Crippen LogP contribution < -0.4 is 27.0 Å². The molecule has 0 aliphatic heterocycles. The van der Waals surface area contributed by atoms with Gasteiger partial charge < -0.3 is 41.5 Å². The van der Waals surface area contributed by atoms with Crippen molar-refractivity contribution in [2.45, 2.75) is 165 Å². The summed E-state index contributed by atoms with van der Waals surface area (Å²) in [6, 6.07) is 8.12. The number of allylic oxidation sites excluding steroid dienone is 3. The summed E-state index contributed by atoms with van der Waals surface area (Å²) in [5.74, 6) is 2.89. The topological polar surface area (TPSA) is 152 Å². The van der Waals surface area contributed by atoms with E-state index in [0.29, 0.717) is 23.5 Å². The van der Waals surface area contributed by atoms with E-state index >= 15 is 0 Å². The minimum atomic E-state index is -0.580. The van der Waals surface area contributed by atoms with Crippen molar-refractivity contribution < 1.29 is 14.4 Å². The Morgan fingerprint density at radius 2 is 1.62 bits per heavy atom. The summed E-state index contributed by atoms with van der Waals surface area (Å²) >= 11 is 0. The number of hydrogen-bond donors (Lipinski definition) is 5. The van der Waals surface area contributed by atoms with Crippen molar-refractivity contribution in [1.82, 2.24) is 20.9 Å². The molecule has 1 aromatic carbocycles. The molecule has 1 saturated carbocycles. The van der Waals surface area contributed by atoms with E-state index in [9.17, 15) is 14.4 Å². The van der Waals surface area contributed by atoms with Crippen LogP contribution in [0.5, 0.6) is 0 Å². The molecule has 0 heterocycles. The molecule has 0 bridgehead atoms. The van der Waals surface area contributed by atoms with Gasteiger partial charge in [0.2, 0.25) is 5.91 Å². The molecule has 378 valence electrons. The van der Waals surface area contributed by atoms with Crippen molar-refractivity contribution in [2.24, 2.45) is 34.8 Å². The Kier molecular flexibility index (Phi) is 45.8. The highest BCUT2D eigenvalue weighted by molar-refractivity contribution is 5.89. The minimum absolute atomic E-state index is 0.0231. The van der Waals surface area contributed by atoms with Crippen molar-refractivity contribution in [3.63, 3.8) is 0 Å². The normalized spacial score (nSPS) is 16.1. The van der Waals surface area contributed by atoms with Gasteiger partial charge in [0.1, 0.15) is 12.6 Å². The van der Waals surface area contributed by atoms with Crippen molar-refractivity contribution in [2.75, 3.05) is 46.6 Å². The first-order chi connectivity index (χ1) is 31.3. The molecular weight excluding hydrogens is 819 g/mol. The zero-order valence-corrected chi connectivity index (χ0v) is 45.0. The highest BCUT2D eigenvalue weighted by atomic mass is 16.2. The van der Waals surface area contributed by atoms with Gasteiger partial charge in [-0.2, -0.15) is 5.26 Å². The van der Waals surface area contributed by atoms with Gasteiger partial charge in [0.05, 0.1) is 18.2 Å². The van der Waals surface area contributed by atoms with Crippen LogP contribution in [0.1, 0.15) is 151 Å². The Hall–Kier alpha value is -4.46. The van der Waals surface area contributed by atoms with Crippen LogP contribution in [0.4, 0.5) is 5.69 Å². The van der Waals surface area contributed by atoms with E-state index in [4.69, 9.17) is 11.0 Å². The third-order valence-corrected chi connectivity index (χ3v) is 11.6. The lowest BCUT2D eigenvalue weighted by molar-refractivity contribution is -0.130. The fourth-order valence-corrected chi connectivity index (χ4v) is 7.22. The second-order valence-electron chi connectivity index (χ2n) is 18.2. The number of aldehydes is 2. The Balaban J connectivity index is -0.000000427. The monoisotopic (exact) mass is 920 g/mol.